The Balaban J connectivity index is 7.25. The molecular formula is C27H54O12. The molecule has 0 saturated carbocycles. The Kier molecular flexibility index (Phi) is 19.6. The third-order valence-electron chi connectivity index (χ3n) is 8.03. The van der Waals surface area contributed by atoms with Crippen LogP contribution in [0, 0.1) is 16.7 Å². The second-order valence-corrected chi connectivity index (χ2v) is 11.0. The van der Waals surface area contributed by atoms with Crippen molar-refractivity contribution in [3.63, 3.8) is 0 Å². The molecule has 0 radical (unpaired) electrons. The van der Waals surface area contributed by atoms with Crippen molar-refractivity contribution in [3.8, 4) is 0 Å². The first-order valence-electron chi connectivity index (χ1n) is 14.1. The highest BCUT2D eigenvalue weighted by molar-refractivity contribution is 5.76. The van der Waals surface area contributed by atoms with Crippen LogP contribution in [0.25, 0.3) is 0 Å². The molecule has 0 spiro atoms. The van der Waals surface area contributed by atoms with Crippen LogP contribution in [-0.2, 0) is 4.79 Å². The van der Waals surface area contributed by atoms with Crippen LogP contribution in [0.3, 0.4) is 0 Å². The zero-order valence-electron chi connectivity index (χ0n) is 23.3. The number of aliphatic hydroxyl groups is 10. The maximum absolute atomic E-state index is 13.2. The molecule has 0 aliphatic heterocycles. The molecule has 0 bridgehead atoms. The highest BCUT2D eigenvalue weighted by Crippen LogP contribution is 2.59. The predicted molar refractivity (Wildman–Crippen MR) is 143 cm³/mol. The topological polar surface area (TPSA) is 240 Å². The summed E-state index contributed by atoms with van der Waals surface area (Å²) in [5, 5.41) is 112. The zero-order valence-corrected chi connectivity index (χ0v) is 23.3. The van der Waals surface area contributed by atoms with Gasteiger partial charge in [-0.3, -0.25) is 4.79 Å². The van der Waals surface area contributed by atoms with Crippen LogP contribution in [0.15, 0.2) is 0 Å². The number of carboxylic acids is 1. The minimum Gasteiger partial charge on any atom is -0.481 e. The first kappa shape index (κ1) is 38.1. The molecule has 0 aromatic rings. The molecule has 6 atom stereocenters. The number of aliphatic carboxylic acids is 1. The molecule has 6 unspecified atom stereocenters. The van der Waals surface area contributed by atoms with E-state index in [0.717, 1.165) is 32.1 Å². The highest BCUT2D eigenvalue weighted by atomic mass is 16.4. The van der Waals surface area contributed by atoms with Gasteiger partial charge in [0.25, 0.3) is 0 Å². The van der Waals surface area contributed by atoms with Crippen molar-refractivity contribution >= 4 is 5.97 Å². The van der Waals surface area contributed by atoms with Crippen LogP contribution >= 0.6 is 0 Å². The maximum atomic E-state index is 13.2. The lowest BCUT2D eigenvalue weighted by molar-refractivity contribution is -0.188. The average molecular weight is 571 g/mol. The smallest absolute Gasteiger partial charge is 0.310 e. The van der Waals surface area contributed by atoms with Gasteiger partial charge in [-0.05, 0) is 49.9 Å². The summed E-state index contributed by atoms with van der Waals surface area (Å²) < 4.78 is 0. The van der Waals surface area contributed by atoms with E-state index >= 15 is 0 Å². The molecule has 0 aromatic heterocycles. The number of aliphatic hydroxyl groups excluding tert-OH is 10. The van der Waals surface area contributed by atoms with Gasteiger partial charge in [-0.15, -0.1) is 0 Å². The van der Waals surface area contributed by atoms with Crippen molar-refractivity contribution in [1.82, 2.24) is 0 Å². The average Bonchev–Trinajstić information content (AvgIpc) is 2.92. The van der Waals surface area contributed by atoms with Gasteiger partial charge in [0, 0.05) is 0 Å². The molecule has 0 aliphatic carbocycles. The van der Waals surface area contributed by atoms with E-state index in [1.807, 2.05) is 0 Å². The van der Waals surface area contributed by atoms with E-state index in [-0.39, 0.29) is 12.8 Å². The molecule has 0 rings (SSSR count). The van der Waals surface area contributed by atoms with Gasteiger partial charge >= 0.3 is 5.97 Å². The van der Waals surface area contributed by atoms with Gasteiger partial charge < -0.3 is 56.2 Å². The van der Waals surface area contributed by atoms with Gasteiger partial charge in [0.15, 0.2) is 0 Å². The minimum atomic E-state index is -2.22. The summed E-state index contributed by atoms with van der Waals surface area (Å²) in [6.45, 7) is -1.84. The van der Waals surface area contributed by atoms with E-state index in [2.05, 4.69) is 6.92 Å². The van der Waals surface area contributed by atoms with E-state index in [9.17, 15) is 61.0 Å². The lowest BCUT2D eigenvalue weighted by Crippen LogP contribution is -2.58. The number of rotatable bonds is 25. The van der Waals surface area contributed by atoms with Crippen LogP contribution in [0.4, 0.5) is 0 Å². The van der Waals surface area contributed by atoms with Crippen LogP contribution in [0.5, 0.6) is 0 Å². The third-order valence-corrected chi connectivity index (χ3v) is 8.03. The molecule has 11 N–H and O–H groups in total. The largest absolute Gasteiger partial charge is 0.481 e. The zero-order chi connectivity index (χ0) is 30.1. The molecule has 12 nitrogen and oxygen atoms in total. The fourth-order valence-corrected chi connectivity index (χ4v) is 6.17. The fraction of sp³-hybridized carbons (Fsp3) is 0.963. The summed E-state index contributed by atoms with van der Waals surface area (Å²) >= 11 is 0. The maximum Gasteiger partial charge on any atom is 0.310 e. The second kappa shape index (κ2) is 20.0. The van der Waals surface area contributed by atoms with Gasteiger partial charge in [0.05, 0.1) is 69.0 Å². The van der Waals surface area contributed by atoms with Crippen LogP contribution < -0.4 is 0 Å². The Labute approximate surface area is 231 Å². The van der Waals surface area contributed by atoms with Gasteiger partial charge in [-0.25, -0.2) is 0 Å². The first-order chi connectivity index (χ1) is 18.4. The quantitative estimate of drug-likeness (QED) is 0.0600. The lowest BCUT2D eigenvalue weighted by Gasteiger charge is -2.55. The number of hydrogen-bond donors (Lipinski definition) is 11. The number of hydrogen-bond acceptors (Lipinski definition) is 11. The van der Waals surface area contributed by atoms with E-state index in [1.165, 1.54) is 0 Å². The van der Waals surface area contributed by atoms with Gasteiger partial charge in [0.1, 0.15) is 0 Å². The van der Waals surface area contributed by atoms with Crippen LogP contribution in [0.2, 0.25) is 0 Å². The lowest BCUT2D eigenvalue weighted by atomic mass is 9.48. The Morgan fingerprint density at radius 3 is 1.36 bits per heavy atom. The first-order valence-corrected chi connectivity index (χ1v) is 14.1. The van der Waals surface area contributed by atoms with Crippen molar-refractivity contribution in [2.45, 2.75) is 114 Å². The Bertz CT molecular complexity index is 610. The molecule has 234 valence electrons. The fourth-order valence-electron chi connectivity index (χ4n) is 6.17. The molecule has 12 heteroatoms. The predicted octanol–water partition coefficient (Wildman–Crippen LogP) is -0.873. The molecule has 0 aliphatic rings. The van der Waals surface area contributed by atoms with Crippen molar-refractivity contribution in [2.24, 2.45) is 16.7 Å². The van der Waals surface area contributed by atoms with Crippen molar-refractivity contribution in [2.75, 3.05) is 33.0 Å². The van der Waals surface area contributed by atoms with Crippen LogP contribution in [-0.4, -0.2) is 126 Å². The molecule has 0 heterocycles. The summed E-state index contributed by atoms with van der Waals surface area (Å²) in [4.78, 5) is 13.2. The summed E-state index contributed by atoms with van der Waals surface area (Å²) in [5.74, 6) is -2.41. The summed E-state index contributed by atoms with van der Waals surface area (Å²) in [6.07, 6.45) is -4.48. The van der Waals surface area contributed by atoms with Crippen molar-refractivity contribution < 1.29 is 61.0 Å². The Morgan fingerprint density at radius 2 is 0.974 bits per heavy atom. The molecule has 0 aromatic carbocycles. The highest BCUT2D eigenvalue weighted by Gasteiger charge is 2.61. The monoisotopic (exact) mass is 570 g/mol. The SMILES string of the molecule is CCCCCCCCC(CC(O)CO)C(CC(O)CO)(CC(O)CO)C(CC(O)CO)(CC(O)CO)C(=O)O. The van der Waals surface area contributed by atoms with E-state index in [4.69, 9.17) is 0 Å². The van der Waals surface area contributed by atoms with Gasteiger partial charge in [0.2, 0.25) is 0 Å². The summed E-state index contributed by atoms with van der Waals surface area (Å²) in [6, 6.07) is 0. The molecule has 39 heavy (non-hydrogen) atoms. The Morgan fingerprint density at radius 1 is 0.590 bits per heavy atom. The van der Waals surface area contributed by atoms with E-state index in [1.54, 1.807) is 0 Å². The Hall–Kier alpha value is -0.930. The number of carboxylic acid groups (broad SMARTS) is 1. The molecule has 0 saturated heterocycles. The number of carbonyl (C=O) groups is 1. The van der Waals surface area contributed by atoms with Crippen molar-refractivity contribution in [1.29, 1.82) is 0 Å². The number of unbranched alkanes of at least 4 members (excludes halogenated alkanes) is 5. The van der Waals surface area contributed by atoms with E-state index in [0.29, 0.717) is 6.42 Å². The standard InChI is InChI=1S/C27H54O12/c1-2-3-4-5-6-7-8-19(9-20(33)14-28)26(10-21(34)15-29,11-22(35)16-30)27(25(38)39,12-23(36)17-31)13-24(37)18-32/h19-24,28-37H,2-18H2,1H3,(H,38,39). The summed E-state index contributed by atoms with van der Waals surface area (Å²) in [7, 11) is 0. The molecular weight excluding hydrogens is 516 g/mol. The van der Waals surface area contributed by atoms with Crippen LogP contribution in [0.1, 0.15) is 84.0 Å². The van der Waals surface area contributed by atoms with Crippen molar-refractivity contribution in [3.05, 3.63) is 0 Å². The van der Waals surface area contributed by atoms with Gasteiger partial charge in [-0.2, -0.15) is 0 Å². The minimum absolute atomic E-state index is 0.179. The summed E-state index contributed by atoms with van der Waals surface area (Å²) in [5.41, 5.74) is -4.01. The van der Waals surface area contributed by atoms with E-state index < -0.39 is 112 Å². The second-order valence-electron chi connectivity index (χ2n) is 11.0. The third kappa shape index (κ3) is 11.8. The molecule has 0 amide bonds. The normalized spacial score (nSPS) is 19.9. The molecule has 0 fully saturated rings. The van der Waals surface area contributed by atoms with Gasteiger partial charge in [-0.1, -0.05) is 45.4 Å².